The number of rotatable bonds is 17. The van der Waals surface area contributed by atoms with E-state index in [-0.39, 0.29) is 48.6 Å². The van der Waals surface area contributed by atoms with E-state index in [1.807, 2.05) is 13.0 Å². The van der Waals surface area contributed by atoms with E-state index in [1.54, 1.807) is 7.05 Å². The Kier molecular flexibility index (Phi) is 13.7. The number of Topliss-reactive ketones (excluding diaryl/α,β-unsaturated/α-hetero) is 2. The third-order valence-electron chi connectivity index (χ3n) is 11.6. The van der Waals surface area contributed by atoms with Crippen LogP contribution in [-0.4, -0.2) is 80.2 Å². The lowest BCUT2D eigenvalue weighted by molar-refractivity contribution is -0.699. The molecule has 11 nitrogen and oxygen atoms in total. The first-order chi connectivity index (χ1) is 22.9. The molecule has 0 aromatic rings. The monoisotopic (exact) mass is 676 g/mol. The average Bonchev–Trinajstić information content (AvgIpc) is 3.77. The number of nitrogens with one attached hydrogen (secondary N) is 2. The third kappa shape index (κ3) is 8.33. The molecule has 2 aliphatic heterocycles. The van der Waals surface area contributed by atoms with Crippen molar-refractivity contribution in [3.63, 3.8) is 0 Å². The molecule has 11 heteroatoms. The lowest BCUT2D eigenvalue weighted by Gasteiger charge is -2.42. The van der Waals surface area contributed by atoms with Crippen LogP contribution in [0.3, 0.4) is 0 Å². The standard InChI is InChI=1S/C37H64N6O5/c1-7-9-11-25(21-41-8-2)22-47-34(46)37-33(45)31-27(18-23(3)4)12-10-13-28(31)32(44)36(37,48-37)16-14-24(5)19-29(43-35(39)40-6)26-15-17-42-30(38)20-26/h14,23,25-31,41-42H,7-13,15-22,38H2,1-6H3,(H3,39,40,43)/p+3/t25-,26?,27?,28?,29-,30?,31?,36+,37+/m1/s1. The molecule has 10 N–H and O–H groups in total. The van der Waals surface area contributed by atoms with Crippen molar-refractivity contribution in [3.8, 4) is 0 Å². The van der Waals surface area contributed by atoms with E-state index in [0.717, 1.165) is 76.6 Å². The van der Waals surface area contributed by atoms with Gasteiger partial charge in [-0.1, -0.05) is 51.7 Å². The predicted molar refractivity (Wildman–Crippen MR) is 185 cm³/mol. The number of nitrogens with two attached hydrogens (primary N) is 4. The molecule has 5 unspecified atom stereocenters. The van der Waals surface area contributed by atoms with Gasteiger partial charge in [-0.2, -0.15) is 0 Å². The van der Waals surface area contributed by atoms with Gasteiger partial charge in [-0.05, 0) is 51.4 Å². The van der Waals surface area contributed by atoms with Crippen molar-refractivity contribution in [3.05, 3.63) is 11.6 Å². The minimum absolute atomic E-state index is 0.0454. The number of guanidine groups is 1. The molecule has 2 saturated heterocycles. The van der Waals surface area contributed by atoms with Gasteiger partial charge in [0.2, 0.25) is 0 Å². The van der Waals surface area contributed by atoms with E-state index in [2.05, 4.69) is 48.6 Å². The van der Waals surface area contributed by atoms with Crippen molar-refractivity contribution in [2.75, 3.05) is 33.3 Å². The molecule has 0 amide bonds. The number of carbonyl (C=O) groups is 3. The van der Waals surface area contributed by atoms with Gasteiger partial charge in [0.1, 0.15) is 6.17 Å². The maximum absolute atomic E-state index is 14.7. The highest BCUT2D eigenvalue weighted by Crippen LogP contribution is 2.62. The zero-order valence-corrected chi connectivity index (χ0v) is 30.7. The fraction of sp³-hybridized carbons (Fsp3) is 0.838. The Bertz CT molecular complexity index is 1180. The molecule has 0 aromatic carbocycles. The maximum atomic E-state index is 14.7. The fourth-order valence-corrected chi connectivity index (χ4v) is 8.95. The second kappa shape index (κ2) is 17.1. The van der Waals surface area contributed by atoms with Crippen LogP contribution in [0, 0.1) is 35.5 Å². The van der Waals surface area contributed by atoms with Crippen molar-refractivity contribution in [2.24, 2.45) is 47.0 Å². The second-order valence-corrected chi connectivity index (χ2v) is 15.7. The van der Waals surface area contributed by atoms with Gasteiger partial charge < -0.3 is 20.1 Å². The summed E-state index contributed by atoms with van der Waals surface area (Å²) in [6, 6.07) is 0.0454. The van der Waals surface area contributed by atoms with E-state index in [4.69, 9.17) is 20.9 Å². The first kappa shape index (κ1) is 38.5. The highest BCUT2D eigenvalue weighted by atomic mass is 16.7. The summed E-state index contributed by atoms with van der Waals surface area (Å²) in [5.41, 5.74) is 10.2. The van der Waals surface area contributed by atoms with Crippen LogP contribution >= 0.6 is 0 Å². The molecular weight excluding hydrogens is 608 g/mol. The Morgan fingerprint density at radius 2 is 2.00 bits per heavy atom. The number of esters is 1. The molecule has 9 atom stereocenters. The van der Waals surface area contributed by atoms with Crippen LogP contribution in [0.4, 0.5) is 0 Å². The molecular formula is C37H67N6O5+3. The van der Waals surface area contributed by atoms with Crippen molar-refractivity contribution >= 4 is 23.5 Å². The summed E-state index contributed by atoms with van der Waals surface area (Å²) >= 11 is 0. The van der Waals surface area contributed by atoms with E-state index in [0.29, 0.717) is 30.6 Å². The number of ether oxygens (including phenoxy) is 2. The number of epoxide rings is 1. The number of fused-ring (bicyclic) bond motifs is 2. The number of unbranched alkanes of at least 4 members (excludes halogenated alkanes) is 1. The first-order valence-electron chi connectivity index (χ1n) is 19.0. The highest BCUT2D eigenvalue weighted by molar-refractivity contribution is 6.23. The van der Waals surface area contributed by atoms with Crippen LogP contribution in [0.2, 0.25) is 0 Å². The smallest absolute Gasteiger partial charge is 0.350 e. The molecule has 2 saturated carbocycles. The number of piperidine rings is 1. The quantitative estimate of drug-likeness (QED) is 0.0301. The van der Waals surface area contributed by atoms with Gasteiger partial charge in [0.25, 0.3) is 5.60 Å². The minimum Gasteiger partial charge on any atom is -0.463 e. The molecule has 48 heavy (non-hydrogen) atoms. The Balaban J connectivity index is 1.61. The zero-order valence-electron chi connectivity index (χ0n) is 30.7. The summed E-state index contributed by atoms with van der Waals surface area (Å²) in [6.07, 6.45) is 11.2. The van der Waals surface area contributed by atoms with E-state index < -0.39 is 29.0 Å². The third-order valence-corrected chi connectivity index (χ3v) is 11.6. The second-order valence-electron chi connectivity index (χ2n) is 15.7. The van der Waals surface area contributed by atoms with Gasteiger partial charge in [0.05, 0.1) is 39.3 Å². The number of hydrogen-bond acceptors (Lipinski definition) is 6. The number of hydrogen-bond donors (Lipinski definition) is 6. The van der Waals surface area contributed by atoms with Crippen molar-refractivity contribution in [1.82, 2.24) is 5.32 Å². The molecule has 2 aliphatic carbocycles. The lowest BCUT2D eigenvalue weighted by atomic mass is 9.57. The summed E-state index contributed by atoms with van der Waals surface area (Å²) in [5.74, 6) is -0.406. The average molecular weight is 676 g/mol. The summed E-state index contributed by atoms with van der Waals surface area (Å²) in [4.78, 5) is 46.4. The molecule has 4 fully saturated rings. The topological polar surface area (TPSA) is 184 Å². The van der Waals surface area contributed by atoms with Crippen LogP contribution < -0.4 is 32.4 Å². The first-order valence-corrected chi connectivity index (χ1v) is 19.0. The molecule has 0 bridgehead atoms. The molecule has 0 radical (unpaired) electrons. The van der Waals surface area contributed by atoms with Crippen LogP contribution in [0.25, 0.3) is 0 Å². The predicted octanol–water partition coefficient (Wildman–Crippen LogP) is -0.375. The Labute approximate surface area is 288 Å². The largest absolute Gasteiger partial charge is 0.463 e. The normalized spacial score (nSPS) is 33.5. The Hall–Kier alpha value is -2.34. The fourth-order valence-electron chi connectivity index (χ4n) is 8.95. The van der Waals surface area contributed by atoms with Crippen molar-refractivity contribution < 1.29 is 39.5 Å². The van der Waals surface area contributed by atoms with Crippen LogP contribution in [0.15, 0.2) is 11.6 Å². The number of quaternary nitrogens is 2. The SMILES string of the molecule is CCCC[C@H](C[NH2+]CC)COC(=O)[C@]12O[C@@]1(CC=C(C)C[C@@H](NC(N)=[NH+]C)C1CC[NH2+]C(N)C1)C(=O)C1CCCC(CC(C)C)C1C2=O. The molecule has 4 rings (SSSR count). The Morgan fingerprint density at radius 3 is 2.67 bits per heavy atom. The van der Waals surface area contributed by atoms with Gasteiger partial charge in [-0.15, -0.1) is 0 Å². The summed E-state index contributed by atoms with van der Waals surface area (Å²) < 4.78 is 12.4. The lowest BCUT2D eigenvalue weighted by Crippen LogP contribution is -2.95. The van der Waals surface area contributed by atoms with Crippen molar-refractivity contribution in [2.45, 2.75) is 129 Å². The van der Waals surface area contributed by atoms with Gasteiger partial charge in [-0.25, -0.2) is 4.79 Å². The maximum Gasteiger partial charge on any atom is 0.350 e. The van der Waals surface area contributed by atoms with Crippen LogP contribution in [-0.2, 0) is 23.9 Å². The van der Waals surface area contributed by atoms with Crippen LogP contribution in [0.5, 0.6) is 0 Å². The van der Waals surface area contributed by atoms with Gasteiger partial charge in [0.15, 0.2) is 17.2 Å². The van der Waals surface area contributed by atoms with Gasteiger partial charge in [0, 0.05) is 49.4 Å². The van der Waals surface area contributed by atoms with Crippen LogP contribution in [0.1, 0.15) is 105 Å². The molecule has 0 spiro atoms. The summed E-state index contributed by atoms with van der Waals surface area (Å²) in [6.45, 7) is 13.6. The van der Waals surface area contributed by atoms with Gasteiger partial charge >= 0.3 is 11.9 Å². The molecule has 2 heterocycles. The number of carbonyl (C=O) groups excluding carboxylic acids is 3. The minimum atomic E-state index is -1.85. The zero-order chi connectivity index (χ0) is 35.1. The number of ketones is 2. The van der Waals surface area contributed by atoms with Crippen molar-refractivity contribution in [1.29, 1.82) is 0 Å². The van der Waals surface area contributed by atoms with E-state index >= 15 is 0 Å². The van der Waals surface area contributed by atoms with Gasteiger partial charge in [-0.3, -0.25) is 31.4 Å². The molecule has 272 valence electrons. The highest BCUT2D eigenvalue weighted by Gasteiger charge is 2.87. The molecule has 4 aliphatic rings. The molecule has 0 aromatic heterocycles. The van der Waals surface area contributed by atoms with E-state index in [1.165, 1.54) is 0 Å². The van der Waals surface area contributed by atoms with E-state index in [9.17, 15) is 14.4 Å². The summed E-state index contributed by atoms with van der Waals surface area (Å²) in [7, 11) is 1.79. The Morgan fingerprint density at radius 1 is 1.23 bits per heavy atom. The summed E-state index contributed by atoms with van der Waals surface area (Å²) in [5, 5.41) is 7.84.